The highest BCUT2D eigenvalue weighted by atomic mass is 35.5. The average molecular weight is 601 g/mol. The Bertz CT molecular complexity index is 1430. The van der Waals surface area contributed by atoms with Gasteiger partial charge in [0, 0.05) is 29.1 Å². The highest BCUT2D eigenvalue weighted by molar-refractivity contribution is 7.90. The van der Waals surface area contributed by atoms with Gasteiger partial charge in [0.2, 0.25) is 10.0 Å². The number of benzene rings is 2. The van der Waals surface area contributed by atoms with Gasteiger partial charge in [-0.1, -0.05) is 31.5 Å². The Morgan fingerprint density at radius 2 is 1.93 bits per heavy atom. The van der Waals surface area contributed by atoms with E-state index in [-0.39, 0.29) is 28.9 Å². The number of ether oxygens (including phenoxy) is 1. The first-order chi connectivity index (χ1) is 19.5. The van der Waals surface area contributed by atoms with E-state index in [9.17, 15) is 18.3 Å². The van der Waals surface area contributed by atoms with Crippen molar-refractivity contribution in [3.05, 3.63) is 58.1 Å². The van der Waals surface area contributed by atoms with Gasteiger partial charge in [-0.2, -0.15) is 0 Å². The average Bonchev–Trinajstić information content (AvgIpc) is 3.02. The molecule has 41 heavy (non-hydrogen) atoms. The SMILES string of the molecule is C[C@@H]1C[C@H](C)CS(=O)(=O)NC(=O)c2ccc3c(c2)N(C[C@@H]2CC[C@H]2[C@@H](O)C1)C[C@@]1(CCCc2cc(Cl)ccc21)CO3. The highest BCUT2D eigenvalue weighted by Crippen LogP contribution is 2.47. The summed E-state index contributed by atoms with van der Waals surface area (Å²) in [6.07, 6.45) is 5.96. The quantitative estimate of drug-likeness (QED) is 0.425. The molecule has 2 aliphatic carbocycles. The smallest absolute Gasteiger partial charge is 0.264 e. The zero-order chi connectivity index (χ0) is 28.9. The van der Waals surface area contributed by atoms with Crippen LogP contribution in [0.25, 0.3) is 0 Å². The fourth-order valence-corrected chi connectivity index (χ4v) is 9.48. The normalized spacial score (nSPS) is 33.4. The first kappa shape index (κ1) is 28.8. The zero-order valence-electron chi connectivity index (χ0n) is 23.9. The number of nitrogens with one attached hydrogen (secondary N) is 1. The Kier molecular flexibility index (Phi) is 7.79. The van der Waals surface area contributed by atoms with Gasteiger partial charge < -0.3 is 14.7 Å². The van der Waals surface area contributed by atoms with E-state index in [2.05, 4.69) is 28.7 Å². The summed E-state index contributed by atoms with van der Waals surface area (Å²) >= 11 is 6.38. The van der Waals surface area contributed by atoms with Crippen LogP contribution in [0.1, 0.15) is 73.9 Å². The number of carbonyl (C=O) groups excluding carboxylic acids is 1. The Hall–Kier alpha value is -2.29. The Labute approximate surface area is 248 Å². The lowest BCUT2D eigenvalue weighted by Gasteiger charge is -2.46. The lowest BCUT2D eigenvalue weighted by molar-refractivity contribution is 0.000591. The lowest BCUT2D eigenvalue weighted by atomic mass is 9.67. The second-order valence-electron chi connectivity index (χ2n) is 13.3. The van der Waals surface area contributed by atoms with Crippen molar-refractivity contribution in [2.75, 3.05) is 30.3 Å². The standard InChI is InChI=1S/C32H41ClN2O5S/c1-20-12-21(2)17-41(38,39)34-31(37)23-6-10-30-28(15-23)35(16-24-5-8-26(24)29(36)13-20)18-32(19-40-30)11-3-4-22-14-25(33)7-9-27(22)32/h6-7,9-10,14-15,20-21,24,26,29,36H,3-5,8,11-13,16-19H2,1-2H3,(H,34,37)/t20-,21+,24+,26-,29+,32+/m1/s1. The minimum absolute atomic E-state index is 0.128. The Morgan fingerprint density at radius 3 is 2.71 bits per heavy atom. The Morgan fingerprint density at radius 1 is 1.10 bits per heavy atom. The second kappa shape index (κ2) is 11.1. The molecule has 0 saturated heterocycles. The maximum Gasteiger partial charge on any atom is 0.264 e. The van der Waals surface area contributed by atoms with E-state index in [0.29, 0.717) is 43.2 Å². The van der Waals surface area contributed by atoms with Crippen LogP contribution < -0.4 is 14.4 Å². The molecule has 2 aromatic rings. The summed E-state index contributed by atoms with van der Waals surface area (Å²) in [5.41, 5.74) is 3.39. The summed E-state index contributed by atoms with van der Waals surface area (Å²) in [5, 5.41) is 12.0. The number of rotatable bonds is 0. The van der Waals surface area contributed by atoms with Gasteiger partial charge in [-0.25, -0.2) is 13.1 Å². The lowest BCUT2D eigenvalue weighted by Crippen LogP contribution is -2.49. The monoisotopic (exact) mass is 600 g/mol. The van der Waals surface area contributed by atoms with Crippen LogP contribution in [0.2, 0.25) is 5.02 Å². The number of hydrogen-bond donors (Lipinski definition) is 2. The van der Waals surface area contributed by atoms with Gasteiger partial charge in [0.15, 0.2) is 0 Å². The summed E-state index contributed by atoms with van der Waals surface area (Å²) in [5.74, 6) is 0.536. The fourth-order valence-electron chi connectivity index (χ4n) is 7.92. The van der Waals surface area contributed by atoms with Gasteiger partial charge in [-0.05, 0) is 110 Å². The molecule has 1 spiro atoms. The van der Waals surface area contributed by atoms with Crippen molar-refractivity contribution in [2.24, 2.45) is 23.7 Å². The minimum atomic E-state index is -3.82. The van der Waals surface area contributed by atoms with Crippen LogP contribution in [-0.4, -0.2) is 51.0 Å². The van der Waals surface area contributed by atoms with Crippen molar-refractivity contribution in [1.82, 2.24) is 4.72 Å². The van der Waals surface area contributed by atoms with Gasteiger partial charge in [0.05, 0.1) is 24.2 Å². The molecule has 1 amide bonds. The first-order valence-corrected chi connectivity index (χ1v) is 17.1. The molecule has 222 valence electrons. The van der Waals surface area contributed by atoms with Gasteiger partial charge in [-0.3, -0.25) is 4.79 Å². The molecule has 2 N–H and O–H groups in total. The molecule has 0 aromatic heterocycles. The summed E-state index contributed by atoms with van der Waals surface area (Å²) in [6.45, 7) is 5.95. The maximum atomic E-state index is 13.2. The van der Waals surface area contributed by atoms with Crippen molar-refractivity contribution < 1.29 is 23.1 Å². The van der Waals surface area contributed by atoms with E-state index in [1.54, 1.807) is 18.2 Å². The number of amides is 1. The first-order valence-electron chi connectivity index (χ1n) is 15.1. The van der Waals surface area contributed by atoms with Crippen molar-refractivity contribution in [3.8, 4) is 5.75 Å². The predicted octanol–water partition coefficient (Wildman–Crippen LogP) is 5.33. The van der Waals surface area contributed by atoms with Crippen LogP contribution in [0.15, 0.2) is 36.4 Å². The highest BCUT2D eigenvalue weighted by Gasteiger charge is 2.44. The third-order valence-corrected chi connectivity index (χ3v) is 11.7. The number of aryl methyl sites for hydroxylation is 1. The molecule has 0 unspecified atom stereocenters. The molecule has 6 rings (SSSR count). The third kappa shape index (κ3) is 5.84. The van der Waals surface area contributed by atoms with E-state index in [4.69, 9.17) is 16.3 Å². The number of sulfonamides is 1. The number of nitrogens with zero attached hydrogens (tertiary/aromatic N) is 1. The molecule has 9 heteroatoms. The van der Waals surface area contributed by atoms with Crippen LogP contribution in [0, 0.1) is 23.7 Å². The van der Waals surface area contributed by atoms with Crippen molar-refractivity contribution in [1.29, 1.82) is 0 Å². The van der Waals surface area contributed by atoms with Gasteiger partial charge in [0.25, 0.3) is 5.91 Å². The molecular weight excluding hydrogens is 560 g/mol. The second-order valence-corrected chi connectivity index (χ2v) is 15.5. The number of hydrogen-bond acceptors (Lipinski definition) is 6. The van der Waals surface area contributed by atoms with Crippen LogP contribution in [0.4, 0.5) is 5.69 Å². The molecule has 0 radical (unpaired) electrons. The van der Waals surface area contributed by atoms with E-state index in [0.717, 1.165) is 49.4 Å². The molecule has 6 atom stereocenters. The van der Waals surface area contributed by atoms with Gasteiger partial charge in [-0.15, -0.1) is 0 Å². The van der Waals surface area contributed by atoms with Gasteiger partial charge in [0.1, 0.15) is 5.75 Å². The summed E-state index contributed by atoms with van der Waals surface area (Å²) in [4.78, 5) is 15.6. The molecule has 2 heterocycles. The minimum Gasteiger partial charge on any atom is -0.490 e. The molecule has 2 bridgehead atoms. The number of halogens is 1. The largest absolute Gasteiger partial charge is 0.490 e. The number of fused-ring (bicyclic) bond motifs is 4. The van der Waals surface area contributed by atoms with Crippen LogP contribution >= 0.6 is 11.6 Å². The van der Waals surface area contributed by atoms with E-state index >= 15 is 0 Å². The van der Waals surface area contributed by atoms with E-state index in [1.165, 1.54) is 11.1 Å². The number of carbonyl (C=O) groups is 1. The zero-order valence-corrected chi connectivity index (χ0v) is 25.5. The molecule has 4 aliphatic rings. The summed E-state index contributed by atoms with van der Waals surface area (Å²) < 4.78 is 34.7. The summed E-state index contributed by atoms with van der Waals surface area (Å²) in [6, 6.07) is 11.4. The molecular formula is C32H41ClN2O5S. The number of aliphatic hydroxyl groups is 1. The van der Waals surface area contributed by atoms with E-state index in [1.807, 2.05) is 13.0 Å². The molecule has 2 aromatic carbocycles. The van der Waals surface area contributed by atoms with Crippen LogP contribution in [-0.2, 0) is 21.9 Å². The predicted molar refractivity (Wildman–Crippen MR) is 161 cm³/mol. The molecule has 1 fully saturated rings. The number of aliphatic hydroxyl groups excluding tert-OH is 1. The van der Waals surface area contributed by atoms with Crippen molar-refractivity contribution >= 4 is 33.2 Å². The topological polar surface area (TPSA) is 95.9 Å². The maximum absolute atomic E-state index is 13.2. The Balaban J connectivity index is 1.41. The van der Waals surface area contributed by atoms with Gasteiger partial charge >= 0.3 is 0 Å². The van der Waals surface area contributed by atoms with Crippen molar-refractivity contribution in [2.45, 2.75) is 70.3 Å². The van der Waals surface area contributed by atoms with E-state index < -0.39 is 22.0 Å². The molecule has 7 nitrogen and oxygen atoms in total. The fraction of sp³-hybridized carbons (Fsp3) is 0.594. The van der Waals surface area contributed by atoms with Crippen LogP contribution in [0.3, 0.4) is 0 Å². The van der Waals surface area contributed by atoms with Crippen molar-refractivity contribution in [3.63, 3.8) is 0 Å². The summed E-state index contributed by atoms with van der Waals surface area (Å²) in [7, 11) is -3.82. The molecule has 1 saturated carbocycles. The third-order valence-electron chi connectivity index (χ3n) is 9.93. The van der Waals surface area contributed by atoms with Crippen LogP contribution in [0.5, 0.6) is 5.75 Å². The molecule has 2 aliphatic heterocycles. The number of anilines is 1.